The van der Waals surface area contributed by atoms with Crippen LogP contribution in [0.2, 0.25) is 0 Å². The lowest BCUT2D eigenvalue weighted by Crippen LogP contribution is -2.48. The van der Waals surface area contributed by atoms with Gasteiger partial charge in [0.05, 0.1) is 18.0 Å². The number of rotatable bonds is 15. The lowest BCUT2D eigenvalue weighted by atomic mass is 9.83. The van der Waals surface area contributed by atoms with Gasteiger partial charge in [-0.15, -0.1) is 0 Å². The maximum absolute atomic E-state index is 16.2. The Labute approximate surface area is 401 Å². The molecule has 0 spiro atoms. The molecule has 0 saturated heterocycles. The van der Waals surface area contributed by atoms with Crippen LogP contribution in [0.5, 0.6) is 0 Å². The lowest BCUT2D eigenvalue weighted by Gasteiger charge is -2.44. The number of amidine groups is 1. The van der Waals surface area contributed by atoms with Crippen molar-refractivity contribution < 1.29 is 55.5 Å². The number of hydrogen-bond acceptors (Lipinski definition) is 10. The minimum Gasteiger partial charge on any atom is -0.478 e. The van der Waals surface area contributed by atoms with Crippen LogP contribution in [0, 0.1) is 23.3 Å². The number of hydrogen-bond donors (Lipinski definition) is 3. The highest BCUT2D eigenvalue weighted by atomic mass is 19.2. The highest BCUT2D eigenvalue weighted by molar-refractivity contribution is 5.97. The summed E-state index contributed by atoms with van der Waals surface area (Å²) in [6.07, 6.45) is 4.87. The van der Waals surface area contributed by atoms with Crippen molar-refractivity contribution in [1.82, 2.24) is 19.9 Å². The number of nitrogens with two attached hydrogens (primary N) is 1. The number of aromatic nitrogens is 2. The molecule has 0 amide bonds. The van der Waals surface area contributed by atoms with Crippen molar-refractivity contribution in [3.8, 4) is 11.4 Å². The van der Waals surface area contributed by atoms with Gasteiger partial charge in [-0.05, 0) is 136 Å². The summed E-state index contributed by atoms with van der Waals surface area (Å²) >= 11 is 0. The van der Waals surface area contributed by atoms with Crippen LogP contribution in [0.25, 0.3) is 23.5 Å². The van der Waals surface area contributed by atoms with Crippen LogP contribution < -0.4 is 5.73 Å². The van der Waals surface area contributed by atoms with Gasteiger partial charge in [0.15, 0.2) is 5.84 Å². The first-order valence-corrected chi connectivity index (χ1v) is 22.6. The number of fused-ring (bicyclic) bond motifs is 2. The molecule has 5 atom stereocenters. The third-order valence-corrected chi connectivity index (χ3v) is 12.4. The van der Waals surface area contributed by atoms with Crippen LogP contribution in [-0.4, -0.2) is 91.1 Å². The average molecular weight is 973 g/mol. The zero-order valence-corrected chi connectivity index (χ0v) is 39.6. The number of carboxylic acid groups (broad SMARTS) is 1. The summed E-state index contributed by atoms with van der Waals surface area (Å²) in [7, 11) is 0. The summed E-state index contributed by atoms with van der Waals surface area (Å²) in [6, 6.07) is 11.4. The van der Waals surface area contributed by atoms with E-state index >= 15 is 26.3 Å². The number of ether oxygens (including phenoxy) is 1. The first-order valence-electron chi connectivity index (χ1n) is 22.6. The van der Waals surface area contributed by atoms with E-state index in [0.717, 1.165) is 42.5 Å². The number of halogens is 6. The standard InChI is InChI=1S/C52H54F6N6O6/c1-27(24-69-43(67)15-9-31-20-40(55)45(41(56)21-31)46-36-12-10-32(48(59)61-68)22-34(36)16-28(2)63(46)25-51(4,5)57)50-60-49(62-70-50)33-11-13-37-35(23-33)17-29(3)64(26-52(6,7)58)47(37)44-38(53)18-30(19-39(44)54)8-14-42(65)66/h8-15,18-23,27-29,46-47,68H,16-17,24-26H2,1-7H3,(H2,59,61)(H,65,66)/b14-8+,15-9+. The van der Waals surface area contributed by atoms with Gasteiger partial charge in [0.1, 0.15) is 41.2 Å². The van der Waals surface area contributed by atoms with Crippen LogP contribution in [0.4, 0.5) is 26.3 Å². The fraction of sp³-hybridized carbons (Fsp3) is 0.365. The predicted octanol–water partition coefficient (Wildman–Crippen LogP) is 10.0. The number of aliphatic carboxylic acids is 1. The zero-order valence-electron chi connectivity index (χ0n) is 39.6. The van der Waals surface area contributed by atoms with Gasteiger partial charge in [0.25, 0.3) is 0 Å². The largest absolute Gasteiger partial charge is 0.478 e. The highest BCUT2D eigenvalue weighted by Gasteiger charge is 2.41. The van der Waals surface area contributed by atoms with Gasteiger partial charge >= 0.3 is 11.9 Å². The monoisotopic (exact) mass is 972 g/mol. The molecule has 5 unspecified atom stereocenters. The zero-order chi connectivity index (χ0) is 51.0. The minimum absolute atomic E-state index is 0.00650. The number of oxime groups is 1. The number of benzene rings is 4. The molecule has 0 radical (unpaired) electrons. The molecule has 0 saturated carbocycles. The summed E-state index contributed by atoms with van der Waals surface area (Å²) in [5.74, 6) is -6.22. The molecule has 70 heavy (non-hydrogen) atoms. The SMILES string of the molecule is CC(COC(=O)/C=C/c1cc(F)c(C2c3ccc(/C(N)=N/O)cc3CC(C)N2CC(C)(C)F)c(F)c1)c1nc(-c2ccc3c(c2)CC(C)N(CC(C)(C)F)C3c2c(F)cc(/C=C/C(=O)O)cc2F)no1. The van der Waals surface area contributed by atoms with Crippen molar-refractivity contribution in [2.75, 3.05) is 19.7 Å². The fourth-order valence-corrected chi connectivity index (χ4v) is 9.33. The highest BCUT2D eigenvalue weighted by Crippen LogP contribution is 2.44. The van der Waals surface area contributed by atoms with E-state index in [-0.39, 0.29) is 71.6 Å². The number of carboxylic acids is 1. The number of alkyl halides is 2. The van der Waals surface area contributed by atoms with Gasteiger partial charge in [0, 0.05) is 59.6 Å². The van der Waals surface area contributed by atoms with Crippen molar-refractivity contribution >= 4 is 29.9 Å². The number of carbonyl (C=O) groups excluding carboxylic acids is 1. The van der Waals surface area contributed by atoms with E-state index in [2.05, 4.69) is 15.3 Å². The van der Waals surface area contributed by atoms with E-state index in [1.165, 1.54) is 33.8 Å². The Morgan fingerprint density at radius 3 is 1.79 bits per heavy atom. The minimum atomic E-state index is -1.72. The van der Waals surface area contributed by atoms with E-state index in [1.807, 2.05) is 13.8 Å². The van der Waals surface area contributed by atoms with Gasteiger partial charge in [-0.25, -0.2) is 35.9 Å². The first kappa shape index (κ1) is 51.1. The van der Waals surface area contributed by atoms with Gasteiger partial charge in [-0.3, -0.25) is 9.80 Å². The fourth-order valence-electron chi connectivity index (χ4n) is 9.33. The Morgan fingerprint density at radius 1 is 0.814 bits per heavy atom. The van der Waals surface area contributed by atoms with Crippen molar-refractivity contribution in [3.05, 3.63) is 152 Å². The summed E-state index contributed by atoms with van der Waals surface area (Å²) in [5, 5.41) is 25.4. The molecule has 0 fully saturated rings. The second kappa shape index (κ2) is 20.3. The van der Waals surface area contributed by atoms with Crippen LogP contribution in [0.3, 0.4) is 0 Å². The van der Waals surface area contributed by atoms with E-state index < -0.39 is 64.5 Å². The third kappa shape index (κ3) is 11.5. The van der Waals surface area contributed by atoms with E-state index in [4.69, 9.17) is 20.1 Å². The van der Waals surface area contributed by atoms with Crippen molar-refractivity contribution in [3.63, 3.8) is 0 Å². The molecule has 4 aromatic carbocycles. The number of esters is 1. The summed E-state index contributed by atoms with van der Waals surface area (Å²) in [5.41, 5.74) is 5.21. The van der Waals surface area contributed by atoms with Crippen LogP contribution in [0.1, 0.15) is 122 Å². The second-order valence-electron chi connectivity index (χ2n) is 19.3. The maximum atomic E-state index is 16.2. The van der Waals surface area contributed by atoms with Crippen LogP contribution in [-0.2, 0) is 27.2 Å². The molecule has 0 aliphatic carbocycles. The molecule has 2 aliphatic heterocycles. The molecule has 1 aromatic heterocycles. The Balaban J connectivity index is 1.06. The van der Waals surface area contributed by atoms with Gasteiger partial charge in [-0.1, -0.05) is 41.5 Å². The van der Waals surface area contributed by atoms with Crippen molar-refractivity contribution in [2.24, 2.45) is 10.9 Å². The number of nitrogens with zero attached hydrogens (tertiary/aromatic N) is 5. The summed E-state index contributed by atoms with van der Waals surface area (Å²) < 4.78 is 105. The Hall–Kier alpha value is -6.79. The van der Waals surface area contributed by atoms with Crippen molar-refractivity contribution in [2.45, 2.75) is 103 Å². The first-order chi connectivity index (χ1) is 32.9. The van der Waals surface area contributed by atoms with Gasteiger partial charge in [0.2, 0.25) is 11.7 Å². The number of carbonyl (C=O) groups is 2. The molecule has 5 aromatic rings. The second-order valence-corrected chi connectivity index (χ2v) is 19.3. The molecule has 12 nitrogen and oxygen atoms in total. The van der Waals surface area contributed by atoms with Crippen LogP contribution >= 0.6 is 0 Å². The van der Waals surface area contributed by atoms with E-state index in [9.17, 15) is 14.8 Å². The Kier molecular flexibility index (Phi) is 14.8. The van der Waals surface area contributed by atoms with E-state index in [0.29, 0.717) is 46.2 Å². The topological polar surface area (TPSA) is 168 Å². The van der Waals surface area contributed by atoms with Crippen molar-refractivity contribution in [1.29, 1.82) is 0 Å². The van der Waals surface area contributed by atoms with Gasteiger partial charge in [-0.2, -0.15) is 4.98 Å². The molecule has 370 valence electrons. The lowest BCUT2D eigenvalue weighted by molar-refractivity contribution is -0.138. The average Bonchev–Trinajstić information content (AvgIpc) is 3.77. The smallest absolute Gasteiger partial charge is 0.330 e. The quantitative estimate of drug-likeness (QED) is 0.0174. The molecule has 4 N–H and O–H groups in total. The Bertz CT molecular complexity index is 2840. The molecular formula is C52H54F6N6O6. The summed E-state index contributed by atoms with van der Waals surface area (Å²) in [6.45, 7) is 10.4. The third-order valence-electron chi connectivity index (χ3n) is 12.4. The maximum Gasteiger partial charge on any atom is 0.330 e. The normalized spacial score (nSPS) is 19.6. The molecule has 7 rings (SSSR count). The molecule has 2 aliphatic rings. The summed E-state index contributed by atoms with van der Waals surface area (Å²) in [4.78, 5) is 31.8. The van der Waals surface area contributed by atoms with Crippen LogP contribution in [0.15, 0.2) is 82.5 Å². The molecule has 3 heterocycles. The van der Waals surface area contributed by atoms with E-state index in [1.54, 1.807) is 53.1 Å². The molecule has 18 heteroatoms. The van der Waals surface area contributed by atoms with Gasteiger partial charge < -0.3 is 25.3 Å². The molecular weight excluding hydrogens is 919 g/mol. The Morgan fingerprint density at radius 2 is 1.30 bits per heavy atom. The predicted molar refractivity (Wildman–Crippen MR) is 250 cm³/mol. The molecule has 0 bridgehead atoms.